The third-order valence-corrected chi connectivity index (χ3v) is 6.39. The Kier molecular flexibility index (Phi) is 3.74. The maximum absolute atomic E-state index is 11.2. The third-order valence-electron chi connectivity index (χ3n) is 3.90. The SMILES string of the molecule is CC[n+]1c(C(C)(C)C)sc2c3ccc(S(=O)(=O)[O-])cc3ccc21. The van der Waals surface area contributed by atoms with Gasteiger partial charge in [0.1, 0.15) is 21.4 Å². The van der Waals surface area contributed by atoms with Gasteiger partial charge < -0.3 is 4.55 Å². The number of benzene rings is 2. The molecule has 0 saturated heterocycles. The summed E-state index contributed by atoms with van der Waals surface area (Å²) in [6, 6.07) is 8.50. The number of rotatable bonds is 2. The molecular weight excluding hydrogens is 330 g/mol. The minimum absolute atomic E-state index is 0.0321. The van der Waals surface area contributed by atoms with Crippen LogP contribution < -0.4 is 4.57 Å². The van der Waals surface area contributed by atoms with Gasteiger partial charge in [0.2, 0.25) is 10.5 Å². The summed E-state index contributed by atoms with van der Waals surface area (Å²) in [5.41, 5.74) is 1.18. The van der Waals surface area contributed by atoms with Gasteiger partial charge in [-0.15, -0.1) is 0 Å². The summed E-state index contributed by atoms with van der Waals surface area (Å²) < 4.78 is 37.1. The number of aromatic nitrogens is 1. The molecule has 0 aliphatic rings. The minimum atomic E-state index is -4.43. The summed E-state index contributed by atoms with van der Waals surface area (Å²) >= 11 is 1.73. The summed E-state index contributed by atoms with van der Waals surface area (Å²) in [5.74, 6) is 0. The van der Waals surface area contributed by atoms with Crippen LogP contribution in [0.5, 0.6) is 0 Å². The number of aryl methyl sites for hydroxylation is 1. The van der Waals surface area contributed by atoms with Crippen LogP contribution in [-0.4, -0.2) is 13.0 Å². The molecule has 23 heavy (non-hydrogen) atoms. The molecule has 4 nitrogen and oxygen atoms in total. The van der Waals surface area contributed by atoms with E-state index in [9.17, 15) is 13.0 Å². The molecule has 3 aromatic rings. The van der Waals surface area contributed by atoms with Crippen LogP contribution in [0.4, 0.5) is 0 Å². The fourth-order valence-electron chi connectivity index (χ4n) is 2.88. The Bertz CT molecular complexity index is 1010. The van der Waals surface area contributed by atoms with E-state index >= 15 is 0 Å². The first kappa shape index (κ1) is 16.4. The van der Waals surface area contributed by atoms with Crippen molar-refractivity contribution in [3.63, 3.8) is 0 Å². The predicted octanol–water partition coefficient (Wildman–Crippen LogP) is 3.56. The molecule has 6 heteroatoms. The van der Waals surface area contributed by atoms with Crippen LogP contribution in [0.1, 0.15) is 32.7 Å². The van der Waals surface area contributed by atoms with E-state index in [1.54, 1.807) is 17.4 Å². The molecule has 0 bridgehead atoms. The average molecular weight is 349 g/mol. The van der Waals surface area contributed by atoms with E-state index in [4.69, 9.17) is 0 Å². The maximum atomic E-state index is 11.2. The summed E-state index contributed by atoms with van der Waals surface area (Å²) in [6.07, 6.45) is 0. The van der Waals surface area contributed by atoms with Crippen molar-refractivity contribution in [1.82, 2.24) is 0 Å². The fraction of sp³-hybridized carbons (Fsp3) is 0.353. The fourth-order valence-corrected chi connectivity index (χ4v) is 4.80. The van der Waals surface area contributed by atoms with Gasteiger partial charge in [-0.05, 0) is 51.3 Å². The zero-order valence-electron chi connectivity index (χ0n) is 13.6. The number of thiazole rings is 1. The second-order valence-corrected chi connectivity index (χ2v) is 9.03. The standard InChI is InChI=1S/C17H19NO3S2/c1-5-18-14-9-6-11-10-12(23(19,20)21)7-8-13(11)15(14)22-16(18)17(2,3)4/h6-10H,5H2,1-4H3. The van der Waals surface area contributed by atoms with Crippen molar-refractivity contribution in [2.45, 2.75) is 44.6 Å². The topological polar surface area (TPSA) is 61.1 Å². The number of nitrogens with zero attached hydrogens (tertiary/aromatic N) is 1. The predicted molar refractivity (Wildman–Crippen MR) is 91.9 cm³/mol. The molecule has 3 rings (SSSR count). The van der Waals surface area contributed by atoms with Crippen LogP contribution in [0.3, 0.4) is 0 Å². The monoisotopic (exact) mass is 349 g/mol. The Hall–Kier alpha value is -1.50. The van der Waals surface area contributed by atoms with Gasteiger partial charge in [-0.2, -0.15) is 4.57 Å². The molecule has 0 radical (unpaired) electrons. The van der Waals surface area contributed by atoms with E-state index in [2.05, 4.69) is 32.3 Å². The van der Waals surface area contributed by atoms with Crippen molar-refractivity contribution in [2.24, 2.45) is 0 Å². The van der Waals surface area contributed by atoms with E-state index in [1.807, 2.05) is 12.1 Å². The van der Waals surface area contributed by atoms with E-state index < -0.39 is 10.1 Å². The van der Waals surface area contributed by atoms with Crippen LogP contribution in [0.2, 0.25) is 0 Å². The van der Waals surface area contributed by atoms with Crippen LogP contribution >= 0.6 is 11.3 Å². The number of fused-ring (bicyclic) bond motifs is 3. The largest absolute Gasteiger partial charge is 0.744 e. The first-order valence-corrected chi connectivity index (χ1v) is 9.71. The highest BCUT2D eigenvalue weighted by molar-refractivity contribution is 7.85. The molecule has 0 aliphatic carbocycles. The molecular formula is C17H19NO3S2. The van der Waals surface area contributed by atoms with Crippen LogP contribution in [0.25, 0.3) is 21.0 Å². The zero-order chi connectivity index (χ0) is 17.0. The van der Waals surface area contributed by atoms with Crippen LogP contribution in [0.15, 0.2) is 35.2 Å². The highest BCUT2D eigenvalue weighted by atomic mass is 32.2. The number of hydrogen-bond acceptors (Lipinski definition) is 4. The Morgan fingerprint density at radius 3 is 2.43 bits per heavy atom. The molecule has 0 amide bonds. The lowest BCUT2D eigenvalue weighted by Gasteiger charge is -2.11. The highest BCUT2D eigenvalue weighted by Crippen LogP contribution is 2.35. The van der Waals surface area contributed by atoms with Crippen LogP contribution in [-0.2, 0) is 22.1 Å². The van der Waals surface area contributed by atoms with E-state index in [0.29, 0.717) is 0 Å². The van der Waals surface area contributed by atoms with Crippen molar-refractivity contribution >= 4 is 42.4 Å². The number of hydrogen-bond donors (Lipinski definition) is 0. The molecule has 0 aliphatic heterocycles. The van der Waals surface area contributed by atoms with Crippen molar-refractivity contribution < 1.29 is 17.5 Å². The molecule has 2 aromatic carbocycles. The summed E-state index contributed by atoms with van der Waals surface area (Å²) in [4.78, 5) is -0.180. The van der Waals surface area contributed by atoms with Gasteiger partial charge in [-0.1, -0.05) is 17.4 Å². The Labute approximate surface area is 140 Å². The summed E-state index contributed by atoms with van der Waals surface area (Å²) in [7, 11) is -4.43. The first-order chi connectivity index (χ1) is 10.6. The van der Waals surface area contributed by atoms with Crippen molar-refractivity contribution in [1.29, 1.82) is 0 Å². The van der Waals surface area contributed by atoms with Gasteiger partial charge in [0.25, 0.3) is 0 Å². The van der Waals surface area contributed by atoms with Crippen molar-refractivity contribution in [2.75, 3.05) is 0 Å². The molecule has 0 fully saturated rings. The van der Waals surface area contributed by atoms with Crippen molar-refractivity contribution in [3.8, 4) is 0 Å². The normalized spacial score (nSPS) is 13.1. The molecule has 1 aromatic heterocycles. The molecule has 0 N–H and O–H groups in total. The average Bonchev–Trinajstić information content (AvgIpc) is 2.84. The van der Waals surface area contributed by atoms with E-state index in [0.717, 1.165) is 27.5 Å². The van der Waals surface area contributed by atoms with Gasteiger partial charge >= 0.3 is 0 Å². The minimum Gasteiger partial charge on any atom is -0.744 e. The van der Waals surface area contributed by atoms with E-state index in [-0.39, 0.29) is 10.3 Å². The highest BCUT2D eigenvalue weighted by Gasteiger charge is 2.30. The molecule has 122 valence electrons. The summed E-state index contributed by atoms with van der Waals surface area (Å²) in [6.45, 7) is 9.57. The second-order valence-electron chi connectivity index (χ2n) is 6.65. The molecule has 0 saturated carbocycles. The second kappa shape index (κ2) is 5.26. The Balaban J connectivity index is 2.38. The third kappa shape index (κ3) is 2.75. The molecule has 0 unspecified atom stereocenters. The maximum Gasteiger partial charge on any atom is 0.243 e. The molecule has 0 atom stereocenters. The van der Waals surface area contributed by atoms with Gasteiger partial charge in [0.05, 0.1) is 10.3 Å². The van der Waals surface area contributed by atoms with Gasteiger partial charge in [-0.25, -0.2) is 8.42 Å². The molecule has 1 heterocycles. The van der Waals surface area contributed by atoms with Gasteiger partial charge in [-0.3, -0.25) is 0 Å². The first-order valence-electron chi connectivity index (χ1n) is 7.48. The lowest BCUT2D eigenvalue weighted by atomic mass is 9.98. The molecule has 0 spiro atoms. The zero-order valence-corrected chi connectivity index (χ0v) is 15.2. The van der Waals surface area contributed by atoms with E-state index in [1.165, 1.54) is 17.1 Å². The van der Waals surface area contributed by atoms with Crippen LogP contribution in [0, 0.1) is 0 Å². The summed E-state index contributed by atoms with van der Waals surface area (Å²) in [5, 5.41) is 3.04. The lowest BCUT2D eigenvalue weighted by Crippen LogP contribution is -2.39. The van der Waals surface area contributed by atoms with Crippen molar-refractivity contribution in [3.05, 3.63) is 35.3 Å². The smallest absolute Gasteiger partial charge is 0.243 e. The van der Waals surface area contributed by atoms with Gasteiger partial charge in [0, 0.05) is 11.5 Å². The quantitative estimate of drug-likeness (QED) is 0.525. The Morgan fingerprint density at radius 1 is 1.17 bits per heavy atom. The Morgan fingerprint density at radius 2 is 1.87 bits per heavy atom. The van der Waals surface area contributed by atoms with Gasteiger partial charge in [0.15, 0.2) is 0 Å². The lowest BCUT2D eigenvalue weighted by molar-refractivity contribution is -0.673.